The Bertz CT molecular complexity index is 371. The van der Waals surface area contributed by atoms with Gasteiger partial charge in [0.1, 0.15) is 0 Å². The maximum atomic E-state index is 10.4. The zero-order valence-corrected chi connectivity index (χ0v) is 13.2. The van der Waals surface area contributed by atoms with Crippen LogP contribution in [0.25, 0.3) is 0 Å². The first kappa shape index (κ1) is 15.6. The van der Waals surface area contributed by atoms with Crippen molar-refractivity contribution in [2.45, 2.75) is 65.5 Å². The first-order valence-electron chi connectivity index (χ1n) is 6.49. The second-order valence-electron chi connectivity index (χ2n) is 6.35. The summed E-state index contributed by atoms with van der Waals surface area (Å²) < 4.78 is 0. The molecule has 0 radical (unpaired) electrons. The van der Waals surface area contributed by atoms with Crippen LogP contribution in [0.4, 0.5) is 0 Å². The molecule has 1 aromatic heterocycles. The van der Waals surface area contributed by atoms with Crippen molar-refractivity contribution in [2.75, 3.05) is 6.54 Å². The minimum absolute atomic E-state index is 0.102. The topological polar surface area (TPSA) is 45.2 Å². The van der Waals surface area contributed by atoms with Crippen LogP contribution in [0.5, 0.6) is 0 Å². The van der Waals surface area contributed by atoms with Crippen LogP contribution >= 0.6 is 11.3 Å². The number of aliphatic hydroxyl groups is 1. The summed E-state index contributed by atoms with van der Waals surface area (Å²) in [5.41, 5.74) is 0.498. The zero-order valence-electron chi connectivity index (χ0n) is 12.4. The van der Waals surface area contributed by atoms with E-state index in [1.165, 1.54) is 4.88 Å². The number of thiazole rings is 1. The average Bonchev–Trinajstić information content (AvgIpc) is 2.41. The van der Waals surface area contributed by atoms with E-state index in [9.17, 15) is 5.11 Å². The van der Waals surface area contributed by atoms with Crippen molar-refractivity contribution in [1.82, 2.24) is 10.3 Å². The van der Waals surface area contributed by atoms with E-state index in [0.29, 0.717) is 6.42 Å². The molecular weight excluding hydrogens is 244 g/mol. The molecule has 0 amide bonds. The van der Waals surface area contributed by atoms with Crippen LogP contribution in [0.3, 0.4) is 0 Å². The lowest BCUT2D eigenvalue weighted by atomic mass is 9.97. The zero-order chi connectivity index (χ0) is 14.0. The van der Waals surface area contributed by atoms with Crippen LogP contribution in [-0.2, 0) is 6.42 Å². The molecular formula is C14H26N2OS. The van der Waals surface area contributed by atoms with Gasteiger partial charge in [0.05, 0.1) is 16.3 Å². The predicted molar refractivity (Wildman–Crippen MR) is 78.3 cm³/mol. The van der Waals surface area contributed by atoms with Gasteiger partial charge in [-0.1, -0.05) is 0 Å². The molecule has 0 fully saturated rings. The van der Waals surface area contributed by atoms with E-state index in [4.69, 9.17) is 0 Å². The minimum Gasteiger partial charge on any atom is -0.390 e. The molecule has 1 unspecified atom stereocenters. The average molecular weight is 270 g/mol. The predicted octanol–water partition coefficient (Wildman–Crippen LogP) is 2.83. The molecule has 104 valence electrons. The van der Waals surface area contributed by atoms with Crippen molar-refractivity contribution in [2.24, 2.45) is 0 Å². The molecule has 0 aliphatic rings. The summed E-state index contributed by atoms with van der Waals surface area (Å²) in [5.74, 6) is 0. The number of hydrogen-bond acceptors (Lipinski definition) is 4. The summed E-state index contributed by atoms with van der Waals surface area (Å²) in [7, 11) is 0. The van der Waals surface area contributed by atoms with E-state index < -0.39 is 5.60 Å². The van der Waals surface area contributed by atoms with Gasteiger partial charge in [-0.3, -0.25) is 0 Å². The van der Waals surface area contributed by atoms with Crippen molar-refractivity contribution < 1.29 is 5.11 Å². The smallest absolute Gasteiger partial charge is 0.0959 e. The quantitative estimate of drug-likeness (QED) is 0.865. The monoisotopic (exact) mass is 270 g/mol. The maximum Gasteiger partial charge on any atom is 0.0959 e. The lowest BCUT2D eigenvalue weighted by Crippen LogP contribution is -2.40. The molecule has 0 aliphatic heterocycles. The van der Waals surface area contributed by atoms with Gasteiger partial charge < -0.3 is 10.4 Å². The Morgan fingerprint density at radius 2 is 1.83 bits per heavy atom. The summed E-state index contributed by atoms with van der Waals surface area (Å²) in [6.07, 6.45) is 1.38. The largest absolute Gasteiger partial charge is 0.390 e. The standard InChI is InChI=1S/C14H26N2OS/c1-10-11(2)18-12(16-10)9-14(6,17)7-8-15-13(3,4)5/h15,17H,7-9H2,1-6H3. The first-order valence-corrected chi connectivity index (χ1v) is 7.31. The summed E-state index contributed by atoms with van der Waals surface area (Å²) in [4.78, 5) is 5.73. The summed E-state index contributed by atoms with van der Waals surface area (Å²) in [5, 5.41) is 14.8. The molecule has 1 aromatic rings. The third-order valence-corrected chi connectivity index (χ3v) is 4.00. The van der Waals surface area contributed by atoms with E-state index in [0.717, 1.165) is 23.7 Å². The molecule has 1 heterocycles. The third-order valence-electron chi connectivity index (χ3n) is 2.92. The molecule has 1 atom stereocenters. The number of aryl methyl sites for hydroxylation is 2. The second kappa shape index (κ2) is 5.68. The van der Waals surface area contributed by atoms with E-state index in [1.807, 2.05) is 13.8 Å². The van der Waals surface area contributed by atoms with Crippen molar-refractivity contribution in [3.05, 3.63) is 15.6 Å². The number of rotatable bonds is 5. The Hall–Kier alpha value is -0.450. The fourth-order valence-corrected chi connectivity index (χ4v) is 2.85. The number of hydrogen-bond donors (Lipinski definition) is 2. The van der Waals surface area contributed by atoms with Crippen molar-refractivity contribution in [3.8, 4) is 0 Å². The van der Waals surface area contributed by atoms with Crippen LogP contribution < -0.4 is 5.32 Å². The molecule has 0 saturated heterocycles. The molecule has 0 bridgehead atoms. The van der Waals surface area contributed by atoms with Crippen LogP contribution in [-0.4, -0.2) is 27.8 Å². The Labute approximate surface area is 115 Å². The molecule has 0 saturated carbocycles. The molecule has 0 spiro atoms. The van der Waals surface area contributed by atoms with Gasteiger partial charge in [0.2, 0.25) is 0 Å². The molecule has 2 N–H and O–H groups in total. The molecule has 3 nitrogen and oxygen atoms in total. The second-order valence-corrected chi connectivity index (χ2v) is 7.64. The summed E-state index contributed by atoms with van der Waals surface area (Å²) in [6.45, 7) is 13.2. The highest BCUT2D eigenvalue weighted by molar-refractivity contribution is 7.11. The van der Waals surface area contributed by atoms with E-state index in [2.05, 4.69) is 38.0 Å². The number of nitrogens with zero attached hydrogens (tertiary/aromatic N) is 1. The lowest BCUT2D eigenvalue weighted by Gasteiger charge is -2.26. The van der Waals surface area contributed by atoms with Gasteiger partial charge in [-0.2, -0.15) is 0 Å². The van der Waals surface area contributed by atoms with Gasteiger partial charge in [0, 0.05) is 16.8 Å². The molecule has 4 heteroatoms. The SMILES string of the molecule is Cc1nc(CC(C)(O)CCNC(C)(C)C)sc1C. The Balaban J connectivity index is 2.49. The summed E-state index contributed by atoms with van der Waals surface area (Å²) in [6, 6.07) is 0. The number of nitrogens with one attached hydrogen (secondary N) is 1. The Morgan fingerprint density at radius 1 is 1.22 bits per heavy atom. The third kappa shape index (κ3) is 5.46. The van der Waals surface area contributed by atoms with Crippen LogP contribution in [0.2, 0.25) is 0 Å². The Morgan fingerprint density at radius 3 is 2.28 bits per heavy atom. The van der Waals surface area contributed by atoms with E-state index >= 15 is 0 Å². The van der Waals surface area contributed by atoms with Gasteiger partial charge in [-0.15, -0.1) is 11.3 Å². The van der Waals surface area contributed by atoms with Crippen LogP contribution in [0.15, 0.2) is 0 Å². The highest BCUT2D eigenvalue weighted by Crippen LogP contribution is 2.23. The molecule has 0 aromatic carbocycles. The minimum atomic E-state index is -0.686. The molecule has 1 rings (SSSR count). The van der Waals surface area contributed by atoms with Crippen molar-refractivity contribution in [3.63, 3.8) is 0 Å². The maximum absolute atomic E-state index is 10.4. The highest BCUT2D eigenvalue weighted by Gasteiger charge is 2.23. The summed E-state index contributed by atoms with van der Waals surface area (Å²) >= 11 is 1.69. The Kier molecular flexibility index (Phi) is 4.92. The van der Waals surface area contributed by atoms with Crippen LogP contribution in [0, 0.1) is 13.8 Å². The fraction of sp³-hybridized carbons (Fsp3) is 0.786. The van der Waals surface area contributed by atoms with Gasteiger partial charge in [-0.25, -0.2) is 4.98 Å². The van der Waals surface area contributed by atoms with Crippen LogP contribution in [0.1, 0.15) is 49.7 Å². The van der Waals surface area contributed by atoms with Gasteiger partial charge in [0.15, 0.2) is 0 Å². The van der Waals surface area contributed by atoms with Crippen molar-refractivity contribution in [1.29, 1.82) is 0 Å². The lowest BCUT2D eigenvalue weighted by molar-refractivity contribution is 0.0499. The van der Waals surface area contributed by atoms with E-state index in [-0.39, 0.29) is 5.54 Å². The van der Waals surface area contributed by atoms with Gasteiger partial charge in [-0.05, 0) is 54.5 Å². The molecule has 0 aliphatic carbocycles. The molecule has 18 heavy (non-hydrogen) atoms. The van der Waals surface area contributed by atoms with Gasteiger partial charge in [0.25, 0.3) is 0 Å². The fourth-order valence-electron chi connectivity index (χ4n) is 1.74. The first-order chi connectivity index (χ1) is 8.09. The highest BCUT2D eigenvalue weighted by atomic mass is 32.1. The van der Waals surface area contributed by atoms with Gasteiger partial charge >= 0.3 is 0 Å². The van der Waals surface area contributed by atoms with Crippen molar-refractivity contribution >= 4 is 11.3 Å². The van der Waals surface area contributed by atoms with E-state index in [1.54, 1.807) is 11.3 Å². The number of aromatic nitrogens is 1. The normalized spacial score (nSPS) is 15.7.